The fourth-order valence-corrected chi connectivity index (χ4v) is 15.9. The molecule has 0 unspecified atom stereocenters. The lowest BCUT2D eigenvalue weighted by atomic mass is 9.84. The first-order valence-corrected chi connectivity index (χ1v) is 24.7. The summed E-state index contributed by atoms with van der Waals surface area (Å²) >= 11 is 0. The van der Waals surface area contributed by atoms with Crippen molar-refractivity contribution in [2.45, 2.75) is 38.0 Å². The molecule has 2 nitrogen and oxygen atoms in total. The molecule has 12 rings (SSSR count). The Morgan fingerprint density at radius 1 is 0.317 bits per heavy atom. The van der Waals surface area contributed by atoms with Crippen LogP contribution in [0.25, 0.3) is 66.1 Å². The summed E-state index contributed by atoms with van der Waals surface area (Å²) in [5, 5.41) is 10.7. The van der Waals surface area contributed by atoms with Gasteiger partial charge in [-0.25, -0.2) is 0 Å². The van der Waals surface area contributed by atoms with Crippen LogP contribution in [-0.2, 0) is 0 Å². The molecule has 0 bridgehead atoms. The smallest absolute Gasteiger partial charge is 0.179 e. The van der Waals surface area contributed by atoms with Gasteiger partial charge in [-0.1, -0.05) is 195 Å². The summed E-state index contributed by atoms with van der Waals surface area (Å²) in [5.74, 6) is 0.666. The molecule has 9 aromatic carbocycles. The second kappa shape index (κ2) is 15.6. The molecule has 1 saturated carbocycles. The van der Waals surface area contributed by atoms with E-state index in [1.54, 1.807) is 0 Å². The van der Waals surface area contributed by atoms with Gasteiger partial charge in [-0.3, -0.25) is 0 Å². The lowest BCUT2D eigenvalue weighted by Crippen LogP contribution is -2.74. The van der Waals surface area contributed by atoms with E-state index in [4.69, 9.17) is 0 Å². The van der Waals surface area contributed by atoms with Crippen LogP contribution in [-0.4, -0.2) is 17.2 Å². The van der Waals surface area contributed by atoms with Crippen molar-refractivity contribution in [1.82, 2.24) is 9.13 Å². The van der Waals surface area contributed by atoms with Gasteiger partial charge in [0.25, 0.3) is 0 Å². The average Bonchev–Trinajstić information content (AvgIpc) is 3.88. The fourth-order valence-electron chi connectivity index (χ4n) is 11.1. The zero-order valence-electron chi connectivity index (χ0n) is 35.4. The van der Waals surface area contributed by atoms with Gasteiger partial charge in [0.05, 0.1) is 22.1 Å². The molecular weight excluding hydrogens is 777 g/mol. The van der Waals surface area contributed by atoms with Crippen molar-refractivity contribution in [2.24, 2.45) is 0 Å². The van der Waals surface area contributed by atoms with Crippen molar-refractivity contribution in [1.29, 1.82) is 0 Å². The molecule has 0 aliphatic heterocycles. The van der Waals surface area contributed by atoms with E-state index in [9.17, 15) is 0 Å². The largest absolute Gasteiger partial charge is 0.309 e. The van der Waals surface area contributed by atoms with Crippen molar-refractivity contribution < 1.29 is 0 Å². The maximum absolute atomic E-state index is 2.62. The predicted octanol–water partition coefficient (Wildman–Crippen LogP) is 13.0. The van der Waals surface area contributed by atoms with Crippen molar-refractivity contribution >= 4 is 72.4 Å². The highest BCUT2D eigenvalue weighted by molar-refractivity contribution is 7.19. The van der Waals surface area contributed by atoms with Gasteiger partial charge in [0.2, 0.25) is 0 Å². The highest BCUT2D eigenvalue weighted by Gasteiger charge is 2.41. The van der Waals surface area contributed by atoms with Gasteiger partial charge in [0.1, 0.15) is 0 Å². The molecule has 2 heterocycles. The summed E-state index contributed by atoms with van der Waals surface area (Å²) in [4.78, 5) is 0. The third-order valence-electron chi connectivity index (χ3n) is 14.1. The highest BCUT2D eigenvalue weighted by atomic mass is 28.3. The Bertz CT molecular complexity index is 3320. The van der Waals surface area contributed by atoms with E-state index in [0.717, 1.165) is 5.69 Å². The quantitative estimate of drug-likeness (QED) is 0.107. The Labute approximate surface area is 370 Å². The lowest BCUT2D eigenvalue weighted by Gasteiger charge is -2.34. The summed E-state index contributed by atoms with van der Waals surface area (Å²) in [7, 11) is -2.62. The summed E-state index contributed by atoms with van der Waals surface area (Å²) in [5.41, 5.74) is 11.2. The number of fused-ring (bicyclic) bond motifs is 6. The standard InChI is InChI=1S/C60H48N2Si/c1-5-18-43(19-6-1)46-34-39-59-56(41-46)54-29-14-16-31-58(54)61(59)48-35-38-55-53-28-13-15-30-57(53)62(60(55)42-48)47-21-17-20-45(40-47)44-32-36-52(37-33-44)63(49-22-7-2-8-23-49,50-24-9-3-10-25-50)51-26-11-4-12-27-51/h2-4,7-17,20-43H,1,5-6,18-19H2. The first-order valence-electron chi connectivity index (χ1n) is 22.7. The van der Waals surface area contributed by atoms with E-state index in [-0.39, 0.29) is 0 Å². The molecule has 2 aromatic heterocycles. The van der Waals surface area contributed by atoms with Crippen LogP contribution < -0.4 is 20.7 Å². The number of benzene rings is 9. The predicted molar refractivity (Wildman–Crippen MR) is 270 cm³/mol. The molecule has 0 spiro atoms. The van der Waals surface area contributed by atoms with Crippen LogP contribution in [0.2, 0.25) is 0 Å². The van der Waals surface area contributed by atoms with E-state index in [1.807, 2.05) is 0 Å². The Kier molecular flexibility index (Phi) is 9.30. The summed E-state index contributed by atoms with van der Waals surface area (Å²) < 4.78 is 4.96. The zero-order valence-corrected chi connectivity index (χ0v) is 36.4. The summed E-state index contributed by atoms with van der Waals surface area (Å²) in [6.07, 6.45) is 6.66. The molecule has 0 radical (unpaired) electrons. The van der Waals surface area contributed by atoms with Crippen LogP contribution in [0.1, 0.15) is 43.6 Å². The van der Waals surface area contributed by atoms with Gasteiger partial charge in [0, 0.05) is 32.9 Å². The van der Waals surface area contributed by atoms with E-state index < -0.39 is 8.07 Å². The summed E-state index contributed by atoms with van der Waals surface area (Å²) in [6, 6.07) is 84.3. The topological polar surface area (TPSA) is 9.86 Å². The third kappa shape index (κ3) is 6.21. The number of nitrogens with zero attached hydrogens (tertiary/aromatic N) is 2. The molecule has 11 aromatic rings. The van der Waals surface area contributed by atoms with Crippen molar-refractivity contribution in [3.8, 4) is 22.5 Å². The molecule has 3 heteroatoms. The number of aromatic nitrogens is 2. The first-order chi connectivity index (χ1) is 31.3. The van der Waals surface area contributed by atoms with Crippen molar-refractivity contribution in [3.63, 3.8) is 0 Å². The highest BCUT2D eigenvalue weighted by Crippen LogP contribution is 2.40. The zero-order chi connectivity index (χ0) is 41.7. The number of para-hydroxylation sites is 2. The lowest BCUT2D eigenvalue weighted by molar-refractivity contribution is 0.444. The van der Waals surface area contributed by atoms with Crippen molar-refractivity contribution in [3.05, 3.63) is 230 Å². The normalized spacial score (nSPS) is 13.7. The minimum Gasteiger partial charge on any atom is -0.309 e. The molecule has 0 atom stereocenters. The Morgan fingerprint density at radius 2 is 0.825 bits per heavy atom. The Hall–Kier alpha value is -7.20. The molecule has 63 heavy (non-hydrogen) atoms. The van der Waals surface area contributed by atoms with E-state index >= 15 is 0 Å². The van der Waals surface area contributed by atoms with Crippen LogP contribution in [0.3, 0.4) is 0 Å². The number of hydrogen-bond donors (Lipinski definition) is 0. The van der Waals surface area contributed by atoms with Gasteiger partial charge in [0.15, 0.2) is 8.07 Å². The Balaban J connectivity index is 0.987. The van der Waals surface area contributed by atoms with Crippen LogP contribution in [0, 0.1) is 0 Å². The van der Waals surface area contributed by atoms with E-state index in [2.05, 4.69) is 234 Å². The molecule has 0 amide bonds. The van der Waals surface area contributed by atoms with E-state index in [0.29, 0.717) is 5.92 Å². The second-order valence-electron chi connectivity index (χ2n) is 17.5. The summed E-state index contributed by atoms with van der Waals surface area (Å²) in [6.45, 7) is 0. The molecule has 1 fully saturated rings. The van der Waals surface area contributed by atoms with Crippen LogP contribution in [0.15, 0.2) is 224 Å². The fraction of sp³-hybridized carbons (Fsp3) is 0.100. The van der Waals surface area contributed by atoms with Gasteiger partial charge in [-0.15, -0.1) is 0 Å². The SMILES string of the molecule is c1ccc([Si](c2ccccc2)(c2ccccc2)c2ccc(-c3cccc(-n4c5ccccc5c5ccc(-n6c7ccccc7c7cc(C8CCCCC8)ccc76)cc54)c3)cc2)cc1. The van der Waals surface area contributed by atoms with Gasteiger partial charge in [-0.2, -0.15) is 0 Å². The Morgan fingerprint density at radius 3 is 1.46 bits per heavy atom. The molecular formula is C60H48N2Si. The van der Waals surface area contributed by atoms with Crippen LogP contribution in [0.5, 0.6) is 0 Å². The molecule has 0 saturated heterocycles. The molecule has 0 N–H and O–H groups in total. The monoisotopic (exact) mass is 824 g/mol. The maximum atomic E-state index is 2.50. The molecule has 302 valence electrons. The number of hydrogen-bond acceptors (Lipinski definition) is 0. The van der Waals surface area contributed by atoms with E-state index in [1.165, 1.54) is 119 Å². The minimum atomic E-state index is -2.62. The second-order valence-corrected chi connectivity index (χ2v) is 21.3. The van der Waals surface area contributed by atoms with Gasteiger partial charge >= 0.3 is 0 Å². The van der Waals surface area contributed by atoms with Crippen molar-refractivity contribution in [2.75, 3.05) is 0 Å². The molecule has 1 aliphatic rings. The van der Waals surface area contributed by atoms with Crippen LogP contribution in [0.4, 0.5) is 0 Å². The maximum Gasteiger partial charge on any atom is 0.179 e. The third-order valence-corrected chi connectivity index (χ3v) is 18.9. The van der Waals surface area contributed by atoms with Gasteiger partial charge < -0.3 is 9.13 Å². The number of rotatable bonds is 8. The minimum absolute atomic E-state index is 0.666. The first kappa shape index (κ1) is 37.5. The average molecular weight is 825 g/mol. The van der Waals surface area contributed by atoms with Gasteiger partial charge in [-0.05, 0) is 105 Å². The molecule has 1 aliphatic carbocycles. The van der Waals surface area contributed by atoms with Crippen LogP contribution >= 0.6 is 0 Å².